The molecule has 3 aromatic rings. The summed E-state index contributed by atoms with van der Waals surface area (Å²) in [6.07, 6.45) is 0. The maximum Gasteiger partial charge on any atom is 0.328 e. The first-order valence-electron chi connectivity index (χ1n) is 8.25. The molecular formula is C17H17N5O6S. The Labute approximate surface area is 164 Å². The zero-order chi connectivity index (χ0) is 21.5. The molecule has 1 heterocycles. The van der Waals surface area contributed by atoms with E-state index in [2.05, 4.69) is 0 Å². The van der Waals surface area contributed by atoms with Crippen molar-refractivity contribution >= 4 is 38.3 Å². The van der Waals surface area contributed by atoms with Gasteiger partial charge in [-0.05, 0) is 24.3 Å². The van der Waals surface area contributed by atoms with E-state index in [0.717, 1.165) is 6.07 Å². The van der Waals surface area contributed by atoms with Crippen LogP contribution in [0, 0.1) is 10.1 Å². The average Bonchev–Trinajstić information content (AvgIpc) is 2.90. The first-order chi connectivity index (χ1) is 13.5. The molecule has 152 valence electrons. The number of nitrogens with zero attached hydrogens (tertiary/aromatic N) is 4. The van der Waals surface area contributed by atoms with Crippen LogP contribution in [0.4, 0.5) is 11.4 Å². The third-order valence-electron chi connectivity index (χ3n) is 4.46. The largest absolute Gasteiger partial charge is 0.368 e. The number of aryl methyl sites for hydroxylation is 2. The van der Waals surface area contributed by atoms with Crippen LogP contribution in [0.15, 0.2) is 52.2 Å². The molecule has 29 heavy (non-hydrogen) atoms. The average molecular weight is 419 g/mol. The second-order valence-electron chi connectivity index (χ2n) is 6.31. The van der Waals surface area contributed by atoms with Gasteiger partial charge in [0.2, 0.25) is 5.91 Å². The van der Waals surface area contributed by atoms with Gasteiger partial charge in [0.15, 0.2) is 0 Å². The van der Waals surface area contributed by atoms with Gasteiger partial charge in [-0.2, -0.15) is 0 Å². The first kappa shape index (κ1) is 20.1. The number of imidazole rings is 1. The van der Waals surface area contributed by atoms with Crippen LogP contribution in [0.1, 0.15) is 0 Å². The molecule has 0 aliphatic rings. The second kappa shape index (κ2) is 7.05. The predicted molar refractivity (Wildman–Crippen MR) is 105 cm³/mol. The molecule has 0 unspecified atom stereocenters. The third-order valence-corrected chi connectivity index (χ3v) is 6.23. The molecule has 11 nitrogen and oxygen atoms in total. The third kappa shape index (κ3) is 3.45. The Balaban J connectivity index is 2.20. The second-order valence-corrected chi connectivity index (χ2v) is 8.17. The molecule has 0 saturated heterocycles. The molecule has 1 amide bonds. The molecule has 0 bridgehead atoms. The van der Waals surface area contributed by atoms with Gasteiger partial charge in [0.05, 0.1) is 26.5 Å². The molecule has 3 rings (SSSR count). The number of carbonyl (C=O) groups excluding carboxylic acids is 1. The van der Waals surface area contributed by atoms with Crippen LogP contribution < -0.4 is 15.7 Å². The van der Waals surface area contributed by atoms with Crippen molar-refractivity contribution in [1.82, 2.24) is 9.13 Å². The van der Waals surface area contributed by atoms with E-state index in [-0.39, 0.29) is 22.0 Å². The molecule has 2 aromatic carbocycles. The standard InChI is InChI=1S/C17H17N5O6S/c1-19-14-7-6-13(9-15(14)20(2)17(19)24)29(27,28)21(10-16(18)23)11-4-3-5-12(8-11)22(25)26/h3-9H,10H2,1-2H3,(H2,18,23). The summed E-state index contributed by atoms with van der Waals surface area (Å²) in [5.41, 5.74) is 5.35. The lowest BCUT2D eigenvalue weighted by Gasteiger charge is -2.23. The Morgan fingerprint density at radius 3 is 2.41 bits per heavy atom. The molecule has 0 radical (unpaired) electrons. The summed E-state index contributed by atoms with van der Waals surface area (Å²) in [4.78, 5) is 33.8. The lowest BCUT2D eigenvalue weighted by molar-refractivity contribution is -0.384. The minimum atomic E-state index is -4.32. The molecule has 0 aliphatic carbocycles. The van der Waals surface area contributed by atoms with E-state index < -0.39 is 27.4 Å². The van der Waals surface area contributed by atoms with E-state index in [1.54, 1.807) is 7.05 Å². The number of anilines is 1. The fourth-order valence-electron chi connectivity index (χ4n) is 2.99. The summed E-state index contributed by atoms with van der Waals surface area (Å²) in [7, 11) is -1.26. The maximum atomic E-state index is 13.3. The van der Waals surface area contributed by atoms with Gasteiger partial charge in [0.1, 0.15) is 6.54 Å². The van der Waals surface area contributed by atoms with Crippen molar-refractivity contribution in [2.75, 3.05) is 10.8 Å². The number of nitro groups is 1. The minimum absolute atomic E-state index is 0.0833. The SMILES string of the molecule is Cn1c(=O)n(C)c2cc(S(=O)(=O)N(CC(N)=O)c3cccc([N+](=O)[O-])c3)ccc21. The van der Waals surface area contributed by atoms with E-state index in [4.69, 9.17) is 5.73 Å². The molecule has 1 aromatic heterocycles. The van der Waals surface area contributed by atoms with Gasteiger partial charge in [0.25, 0.3) is 15.7 Å². The van der Waals surface area contributed by atoms with Crippen molar-refractivity contribution in [3.63, 3.8) is 0 Å². The van der Waals surface area contributed by atoms with E-state index >= 15 is 0 Å². The molecule has 0 aliphatic heterocycles. The Hall–Kier alpha value is -3.67. The van der Waals surface area contributed by atoms with Crippen LogP contribution in [0.3, 0.4) is 0 Å². The van der Waals surface area contributed by atoms with Crippen molar-refractivity contribution in [2.45, 2.75) is 4.90 Å². The first-order valence-corrected chi connectivity index (χ1v) is 9.69. The summed E-state index contributed by atoms with van der Waals surface area (Å²) in [6, 6.07) is 8.94. The van der Waals surface area contributed by atoms with Crippen molar-refractivity contribution in [1.29, 1.82) is 0 Å². The number of nitrogens with two attached hydrogens (primary N) is 1. The number of amides is 1. The lowest BCUT2D eigenvalue weighted by Crippen LogP contribution is -2.38. The Kier molecular flexibility index (Phi) is 4.88. The normalized spacial score (nSPS) is 11.5. The number of primary amides is 1. The number of hydrogen-bond acceptors (Lipinski definition) is 6. The van der Waals surface area contributed by atoms with Crippen molar-refractivity contribution in [2.24, 2.45) is 19.8 Å². The number of rotatable bonds is 6. The number of nitro benzene ring substituents is 1. The fraction of sp³-hybridized carbons (Fsp3) is 0.176. The van der Waals surface area contributed by atoms with Crippen LogP contribution in [0.2, 0.25) is 0 Å². The molecule has 0 saturated carbocycles. The highest BCUT2D eigenvalue weighted by atomic mass is 32.2. The number of non-ortho nitro benzene ring substituents is 1. The number of hydrogen-bond donors (Lipinski definition) is 1. The Morgan fingerprint density at radius 1 is 1.14 bits per heavy atom. The Morgan fingerprint density at radius 2 is 1.79 bits per heavy atom. The van der Waals surface area contributed by atoms with Crippen molar-refractivity contribution in [3.05, 3.63) is 63.1 Å². The van der Waals surface area contributed by atoms with E-state index in [0.29, 0.717) is 15.3 Å². The zero-order valence-corrected chi connectivity index (χ0v) is 16.3. The van der Waals surface area contributed by atoms with Gasteiger partial charge in [-0.15, -0.1) is 0 Å². The smallest absolute Gasteiger partial charge is 0.328 e. The Bertz CT molecular complexity index is 1310. The highest BCUT2D eigenvalue weighted by molar-refractivity contribution is 7.92. The molecule has 2 N–H and O–H groups in total. The molecule has 12 heteroatoms. The number of carbonyl (C=O) groups is 1. The van der Waals surface area contributed by atoms with Gasteiger partial charge >= 0.3 is 5.69 Å². The number of aromatic nitrogens is 2. The summed E-state index contributed by atoms with van der Waals surface area (Å²) in [5, 5.41) is 11.0. The number of benzene rings is 2. The summed E-state index contributed by atoms with van der Waals surface area (Å²) < 4.78 is 29.9. The molecule has 0 spiro atoms. The van der Waals surface area contributed by atoms with E-state index in [1.165, 1.54) is 52.6 Å². The molecular weight excluding hydrogens is 402 g/mol. The number of fused-ring (bicyclic) bond motifs is 1. The van der Waals surface area contributed by atoms with Crippen molar-refractivity contribution in [3.8, 4) is 0 Å². The zero-order valence-electron chi connectivity index (χ0n) is 15.5. The molecule has 0 atom stereocenters. The maximum absolute atomic E-state index is 13.3. The summed E-state index contributed by atoms with van der Waals surface area (Å²) in [6.45, 7) is -0.713. The van der Waals surface area contributed by atoms with E-state index in [1.807, 2.05) is 0 Å². The monoisotopic (exact) mass is 419 g/mol. The minimum Gasteiger partial charge on any atom is -0.368 e. The van der Waals surface area contributed by atoms with Crippen LogP contribution in [0.5, 0.6) is 0 Å². The van der Waals surface area contributed by atoms with Gasteiger partial charge in [-0.25, -0.2) is 13.2 Å². The van der Waals surface area contributed by atoms with Crippen LogP contribution in [0.25, 0.3) is 11.0 Å². The van der Waals surface area contributed by atoms with Crippen LogP contribution in [-0.4, -0.2) is 34.9 Å². The molecule has 0 fully saturated rings. The predicted octanol–water partition coefficient (Wildman–Crippen LogP) is 0.466. The topological polar surface area (TPSA) is 151 Å². The van der Waals surface area contributed by atoms with Gasteiger partial charge in [-0.3, -0.25) is 28.3 Å². The van der Waals surface area contributed by atoms with E-state index in [9.17, 15) is 28.1 Å². The fourth-order valence-corrected chi connectivity index (χ4v) is 4.44. The van der Waals surface area contributed by atoms with Crippen LogP contribution >= 0.6 is 0 Å². The lowest BCUT2D eigenvalue weighted by atomic mass is 10.3. The van der Waals surface area contributed by atoms with Gasteiger partial charge in [-0.1, -0.05) is 6.07 Å². The van der Waals surface area contributed by atoms with Crippen molar-refractivity contribution < 1.29 is 18.1 Å². The highest BCUT2D eigenvalue weighted by Gasteiger charge is 2.28. The van der Waals surface area contributed by atoms with Gasteiger partial charge < -0.3 is 5.73 Å². The highest BCUT2D eigenvalue weighted by Crippen LogP contribution is 2.28. The van der Waals surface area contributed by atoms with Crippen LogP contribution in [-0.2, 0) is 28.9 Å². The quantitative estimate of drug-likeness (QED) is 0.453. The summed E-state index contributed by atoms with van der Waals surface area (Å²) >= 11 is 0. The number of sulfonamides is 1. The van der Waals surface area contributed by atoms with Gasteiger partial charge in [0, 0.05) is 26.2 Å². The summed E-state index contributed by atoms with van der Waals surface area (Å²) in [5.74, 6) is -0.937.